The zero-order chi connectivity index (χ0) is 8.15. The summed E-state index contributed by atoms with van der Waals surface area (Å²) in [5, 5.41) is 4.32. The van der Waals surface area contributed by atoms with Gasteiger partial charge in [0.15, 0.2) is 0 Å². The zero-order valence-electron chi connectivity index (χ0n) is 7.12. The Labute approximate surface area is 67.6 Å². The minimum Gasteiger partial charge on any atom is -0.383 e. The van der Waals surface area contributed by atoms with E-state index in [1.807, 2.05) is 14.0 Å². The monoisotopic (exact) mass is 157 g/mol. The maximum atomic E-state index is 3.81. The molecule has 1 N–H and O–H groups in total. The van der Waals surface area contributed by atoms with E-state index in [1.165, 1.54) is 10.6 Å². The standard InChI is InChI=1S/C8H15NS/c1-6(2)8(9-5)10-7(3)4/h9H,3H2,1-2,4-5H3. The van der Waals surface area contributed by atoms with E-state index in [0.717, 1.165) is 4.91 Å². The van der Waals surface area contributed by atoms with Crippen LogP contribution in [0.15, 0.2) is 22.1 Å². The number of thioether (sulfide) groups is 1. The second-order valence-corrected chi connectivity index (χ2v) is 3.69. The SMILES string of the molecule is C=C(C)SC(NC)=C(C)C. The lowest BCUT2D eigenvalue weighted by atomic mass is 10.4. The fraction of sp³-hybridized carbons (Fsp3) is 0.500. The van der Waals surface area contributed by atoms with Crippen LogP contribution in [0.3, 0.4) is 0 Å². The minimum atomic E-state index is 1.12. The number of rotatable bonds is 3. The van der Waals surface area contributed by atoms with E-state index in [0.29, 0.717) is 0 Å². The first-order valence-corrected chi connectivity index (χ1v) is 4.08. The first-order chi connectivity index (χ1) is 4.57. The van der Waals surface area contributed by atoms with Gasteiger partial charge in [-0.05, 0) is 31.2 Å². The van der Waals surface area contributed by atoms with Gasteiger partial charge in [0.05, 0.1) is 5.03 Å². The Morgan fingerprint density at radius 2 is 1.80 bits per heavy atom. The van der Waals surface area contributed by atoms with E-state index in [2.05, 4.69) is 25.7 Å². The lowest BCUT2D eigenvalue weighted by molar-refractivity contribution is 1.05. The third kappa shape index (κ3) is 3.62. The van der Waals surface area contributed by atoms with Crippen molar-refractivity contribution in [3.63, 3.8) is 0 Å². The van der Waals surface area contributed by atoms with Crippen molar-refractivity contribution in [1.29, 1.82) is 0 Å². The number of nitrogens with one attached hydrogen (secondary N) is 1. The lowest BCUT2D eigenvalue weighted by Crippen LogP contribution is -2.03. The molecule has 0 saturated carbocycles. The lowest BCUT2D eigenvalue weighted by Gasteiger charge is -2.07. The molecule has 0 heterocycles. The number of allylic oxidation sites excluding steroid dienone is 2. The molecule has 0 bridgehead atoms. The van der Waals surface area contributed by atoms with Gasteiger partial charge in [-0.25, -0.2) is 0 Å². The van der Waals surface area contributed by atoms with E-state index in [-0.39, 0.29) is 0 Å². The van der Waals surface area contributed by atoms with Crippen LogP contribution in [0.4, 0.5) is 0 Å². The van der Waals surface area contributed by atoms with Crippen molar-refractivity contribution in [3.8, 4) is 0 Å². The van der Waals surface area contributed by atoms with Gasteiger partial charge in [-0.3, -0.25) is 0 Å². The van der Waals surface area contributed by atoms with Crippen molar-refractivity contribution < 1.29 is 0 Å². The summed E-state index contributed by atoms with van der Waals surface area (Å²) in [7, 11) is 1.93. The predicted molar refractivity (Wildman–Crippen MR) is 49.8 cm³/mol. The molecule has 0 spiro atoms. The third-order valence-electron chi connectivity index (χ3n) is 0.957. The van der Waals surface area contributed by atoms with Crippen LogP contribution in [-0.2, 0) is 0 Å². The summed E-state index contributed by atoms with van der Waals surface area (Å²) in [6.45, 7) is 9.99. The Bertz CT molecular complexity index is 155. The van der Waals surface area contributed by atoms with Crippen LogP contribution in [0.5, 0.6) is 0 Å². The quantitative estimate of drug-likeness (QED) is 0.676. The molecule has 2 heteroatoms. The highest BCUT2D eigenvalue weighted by atomic mass is 32.2. The van der Waals surface area contributed by atoms with Gasteiger partial charge >= 0.3 is 0 Å². The maximum absolute atomic E-state index is 3.81. The third-order valence-corrected chi connectivity index (χ3v) is 2.12. The Kier molecular flexibility index (Phi) is 4.28. The molecule has 0 aliphatic heterocycles. The predicted octanol–water partition coefficient (Wildman–Crippen LogP) is 2.72. The second-order valence-electron chi connectivity index (χ2n) is 2.38. The summed E-state index contributed by atoms with van der Waals surface area (Å²) in [5.41, 5.74) is 1.30. The number of hydrogen-bond acceptors (Lipinski definition) is 2. The van der Waals surface area contributed by atoms with Gasteiger partial charge < -0.3 is 5.32 Å². The van der Waals surface area contributed by atoms with Crippen molar-refractivity contribution in [3.05, 3.63) is 22.1 Å². The molecule has 1 nitrogen and oxygen atoms in total. The van der Waals surface area contributed by atoms with Crippen molar-refractivity contribution in [1.82, 2.24) is 5.32 Å². The van der Waals surface area contributed by atoms with Gasteiger partial charge in [-0.2, -0.15) is 0 Å². The summed E-state index contributed by atoms with van der Waals surface area (Å²) in [6, 6.07) is 0. The molecular formula is C8H15NS. The van der Waals surface area contributed by atoms with Gasteiger partial charge in [0.25, 0.3) is 0 Å². The summed E-state index contributed by atoms with van der Waals surface area (Å²) in [6.07, 6.45) is 0. The average Bonchev–Trinajstić information content (AvgIpc) is 1.81. The van der Waals surface area contributed by atoms with E-state index >= 15 is 0 Å². The van der Waals surface area contributed by atoms with Gasteiger partial charge in [0.1, 0.15) is 0 Å². The van der Waals surface area contributed by atoms with Crippen LogP contribution in [0.2, 0.25) is 0 Å². The Morgan fingerprint density at radius 3 is 1.90 bits per heavy atom. The molecule has 0 radical (unpaired) electrons. The summed E-state index contributed by atoms with van der Waals surface area (Å²) in [4.78, 5) is 1.12. The van der Waals surface area contributed by atoms with Crippen LogP contribution in [0.25, 0.3) is 0 Å². The minimum absolute atomic E-state index is 1.12. The molecule has 10 heavy (non-hydrogen) atoms. The molecule has 0 unspecified atom stereocenters. The molecule has 0 aromatic heterocycles. The fourth-order valence-electron chi connectivity index (χ4n) is 0.577. The molecule has 0 saturated heterocycles. The summed E-state index contributed by atoms with van der Waals surface area (Å²) in [5.74, 6) is 0. The van der Waals surface area contributed by atoms with E-state index in [4.69, 9.17) is 0 Å². The van der Waals surface area contributed by atoms with E-state index in [9.17, 15) is 0 Å². The zero-order valence-corrected chi connectivity index (χ0v) is 7.93. The largest absolute Gasteiger partial charge is 0.383 e. The topological polar surface area (TPSA) is 12.0 Å². The van der Waals surface area contributed by atoms with Crippen molar-refractivity contribution >= 4 is 11.8 Å². The molecule has 0 fully saturated rings. The van der Waals surface area contributed by atoms with Crippen molar-refractivity contribution in [2.45, 2.75) is 20.8 Å². The molecule has 0 aliphatic carbocycles. The Balaban J connectivity index is 4.11. The molecule has 58 valence electrons. The van der Waals surface area contributed by atoms with Crippen LogP contribution in [0.1, 0.15) is 20.8 Å². The second kappa shape index (κ2) is 4.45. The Hall–Kier alpha value is -0.370. The van der Waals surface area contributed by atoms with Gasteiger partial charge in [0.2, 0.25) is 0 Å². The smallest absolute Gasteiger partial charge is 0.0709 e. The highest BCUT2D eigenvalue weighted by molar-refractivity contribution is 8.06. The first kappa shape index (κ1) is 9.63. The average molecular weight is 157 g/mol. The highest BCUT2D eigenvalue weighted by Gasteiger charge is 1.96. The van der Waals surface area contributed by atoms with Crippen LogP contribution < -0.4 is 5.32 Å². The van der Waals surface area contributed by atoms with Gasteiger partial charge in [-0.1, -0.05) is 18.3 Å². The van der Waals surface area contributed by atoms with Crippen LogP contribution >= 0.6 is 11.8 Å². The number of hydrogen-bond donors (Lipinski definition) is 1. The molecule has 0 amide bonds. The van der Waals surface area contributed by atoms with Crippen molar-refractivity contribution in [2.24, 2.45) is 0 Å². The first-order valence-electron chi connectivity index (χ1n) is 3.26. The van der Waals surface area contributed by atoms with Crippen LogP contribution in [0, 0.1) is 0 Å². The van der Waals surface area contributed by atoms with Crippen molar-refractivity contribution in [2.75, 3.05) is 7.05 Å². The normalized spacial score (nSPS) is 8.80. The molecule has 0 aliphatic rings. The van der Waals surface area contributed by atoms with E-state index < -0.39 is 0 Å². The molecule has 0 rings (SSSR count). The van der Waals surface area contributed by atoms with Gasteiger partial charge in [-0.15, -0.1) is 0 Å². The van der Waals surface area contributed by atoms with Gasteiger partial charge in [0, 0.05) is 7.05 Å². The highest BCUT2D eigenvalue weighted by Crippen LogP contribution is 2.22. The van der Waals surface area contributed by atoms with E-state index in [1.54, 1.807) is 11.8 Å². The summed E-state index contributed by atoms with van der Waals surface area (Å²) >= 11 is 1.68. The van der Waals surface area contributed by atoms with Crippen LogP contribution in [-0.4, -0.2) is 7.05 Å². The Morgan fingerprint density at radius 1 is 1.30 bits per heavy atom. The summed E-state index contributed by atoms with van der Waals surface area (Å²) < 4.78 is 0. The molecular weight excluding hydrogens is 142 g/mol. The molecule has 0 aromatic carbocycles. The molecule has 0 atom stereocenters. The fourth-order valence-corrected chi connectivity index (χ4v) is 1.23. The maximum Gasteiger partial charge on any atom is 0.0709 e. The molecule has 0 aromatic rings.